The monoisotopic (exact) mass is 276 g/mol. The first kappa shape index (κ1) is 13.5. The van der Waals surface area contributed by atoms with Gasteiger partial charge in [0, 0.05) is 38.0 Å². The Hall–Kier alpha value is 0.0700. The molecule has 2 fully saturated rings. The molecule has 2 aliphatic heterocycles. The number of halogens is 1. The van der Waals surface area contributed by atoms with Crippen molar-refractivity contribution in [2.75, 3.05) is 37.7 Å². The number of carbonyl (C=O) groups is 1. The lowest BCUT2D eigenvalue weighted by Gasteiger charge is -2.38. The van der Waals surface area contributed by atoms with Crippen molar-refractivity contribution in [1.29, 1.82) is 0 Å². The summed E-state index contributed by atoms with van der Waals surface area (Å²) in [5, 5.41) is -0.330. The van der Waals surface area contributed by atoms with E-state index < -0.39 is 0 Å². The van der Waals surface area contributed by atoms with Gasteiger partial charge in [0.15, 0.2) is 0 Å². The van der Waals surface area contributed by atoms with Gasteiger partial charge in [-0.05, 0) is 18.6 Å². The van der Waals surface area contributed by atoms with Gasteiger partial charge in [-0.25, -0.2) is 0 Å². The summed E-state index contributed by atoms with van der Waals surface area (Å²) in [7, 11) is 0. The Balaban J connectivity index is 1.79. The Kier molecular flexibility index (Phi) is 5.00. The van der Waals surface area contributed by atoms with Crippen molar-refractivity contribution in [1.82, 2.24) is 9.80 Å². The highest BCUT2D eigenvalue weighted by molar-refractivity contribution is 7.99. The lowest BCUT2D eigenvalue weighted by molar-refractivity contribution is -0.132. The second-order valence-electron chi connectivity index (χ2n) is 4.75. The minimum Gasteiger partial charge on any atom is -0.339 e. The topological polar surface area (TPSA) is 23.6 Å². The Labute approximate surface area is 113 Å². The van der Waals surface area contributed by atoms with Crippen LogP contribution in [0.3, 0.4) is 0 Å². The fraction of sp³-hybridized carbons (Fsp3) is 0.917. The van der Waals surface area contributed by atoms with Crippen LogP contribution in [0.5, 0.6) is 0 Å². The molecule has 2 atom stereocenters. The largest absolute Gasteiger partial charge is 0.339 e. The highest BCUT2D eigenvalue weighted by atomic mass is 35.5. The third-order valence-corrected chi connectivity index (χ3v) is 5.31. The summed E-state index contributed by atoms with van der Waals surface area (Å²) in [6.45, 7) is 5.70. The van der Waals surface area contributed by atoms with Crippen LogP contribution in [0.4, 0.5) is 0 Å². The number of nitrogens with zero attached hydrogens (tertiary/aromatic N) is 2. The Morgan fingerprint density at radius 2 is 2.12 bits per heavy atom. The average molecular weight is 277 g/mol. The van der Waals surface area contributed by atoms with Crippen molar-refractivity contribution >= 4 is 29.3 Å². The van der Waals surface area contributed by atoms with E-state index in [0.717, 1.165) is 38.6 Å². The fourth-order valence-corrected chi connectivity index (χ4v) is 3.88. The number of amides is 1. The number of alkyl halides is 1. The number of hydrogen-bond donors (Lipinski definition) is 0. The SMILES string of the molecule is CC[C@H](Cl)C(=O)N1CCN([C@H]2CCSC2)CC1. The van der Waals surface area contributed by atoms with Crippen molar-refractivity contribution in [3.8, 4) is 0 Å². The molecule has 17 heavy (non-hydrogen) atoms. The number of piperazine rings is 1. The molecule has 2 aliphatic rings. The van der Waals surface area contributed by atoms with E-state index in [1.807, 2.05) is 23.6 Å². The number of hydrogen-bond acceptors (Lipinski definition) is 3. The van der Waals surface area contributed by atoms with Gasteiger partial charge >= 0.3 is 0 Å². The molecule has 0 bridgehead atoms. The van der Waals surface area contributed by atoms with Gasteiger partial charge in [0.1, 0.15) is 5.38 Å². The fourth-order valence-electron chi connectivity index (χ4n) is 2.49. The number of rotatable bonds is 3. The van der Waals surface area contributed by atoms with Crippen molar-refractivity contribution in [2.24, 2.45) is 0 Å². The average Bonchev–Trinajstić information content (AvgIpc) is 2.91. The molecule has 0 unspecified atom stereocenters. The molecule has 0 radical (unpaired) electrons. The van der Waals surface area contributed by atoms with Gasteiger partial charge in [0.25, 0.3) is 0 Å². The molecule has 0 aromatic heterocycles. The van der Waals surface area contributed by atoms with Crippen LogP contribution >= 0.6 is 23.4 Å². The molecular formula is C12H21ClN2OS. The smallest absolute Gasteiger partial charge is 0.240 e. The van der Waals surface area contributed by atoms with E-state index in [1.165, 1.54) is 17.9 Å². The molecule has 98 valence electrons. The third-order valence-electron chi connectivity index (χ3n) is 3.67. The zero-order valence-corrected chi connectivity index (χ0v) is 12.0. The van der Waals surface area contributed by atoms with Crippen molar-refractivity contribution in [3.05, 3.63) is 0 Å². The maximum Gasteiger partial charge on any atom is 0.240 e. The summed E-state index contributed by atoms with van der Waals surface area (Å²) >= 11 is 8.05. The molecule has 0 N–H and O–H groups in total. The van der Waals surface area contributed by atoms with Crippen LogP contribution in [-0.2, 0) is 4.79 Å². The summed E-state index contributed by atoms with van der Waals surface area (Å²) in [6.07, 6.45) is 2.03. The summed E-state index contributed by atoms with van der Waals surface area (Å²) in [5.41, 5.74) is 0. The molecular weight excluding hydrogens is 256 g/mol. The van der Waals surface area contributed by atoms with Gasteiger partial charge in [-0.1, -0.05) is 6.92 Å². The first-order valence-electron chi connectivity index (χ1n) is 6.47. The van der Waals surface area contributed by atoms with E-state index in [4.69, 9.17) is 11.6 Å². The lowest BCUT2D eigenvalue weighted by atomic mass is 10.2. The standard InChI is InChI=1S/C12H21ClN2OS/c1-2-11(13)12(16)15-6-4-14(5-7-15)10-3-8-17-9-10/h10-11H,2-9H2,1H3/t10-,11-/m0/s1. The minimum atomic E-state index is -0.330. The van der Waals surface area contributed by atoms with E-state index in [-0.39, 0.29) is 11.3 Å². The molecule has 1 amide bonds. The van der Waals surface area contributed by atoms with E-state index in [1.54, 1.807) is 0 Å². The molecule has 5 heteroatoms. The summed E-state index contributed by atoms with van der Waals surface area (Å²) in [4.78, 5) is 16.4. The normalized spacial score (nSPS) is 28.4. The van der Waals surface area contributed by atoms with Crippen molar-refractivity contribution < 1.29 is 4.79 Å². The van der Waals surface area contributed by atoms with Crippen molar-refractivity contribution in [2.45, 2.75) is 31.2 Å². The Morgan fingerprint density at radius 1 is 1.41 bits per heavy atom. The third kappa shape index (κ3) is 3.30. The molecule has 0 aliphatic carbocycles. The van der Waals surface area contributed by atoms with Crippen LogP contribution in [-0.4, -0.2) is 64.8 Å². The molecule has 2 saturated heterocycles. The zero-order chi connectivity index (χ0) is 12.3. The first-order valence-corrected chi connectivity index (χ1v) is 8.06. The summed E-state index contributed by atoms with van der Waals surface area (Å²) in [6, 6.07) is 0.746. The van der Waals surface area contributed by atoms with E-state index in [2.05, 4.69) is 4.90 Å². The quantitative estimate of drug-likeness (QED) is 0.733. The van der Waals surface area contributed by atoms with Gasteiger partial charge < -0.3 is 4.90 Å². The summed E-state index contributed by atoms with van der Waals surface area (Å²) < 4.78 is 0. The van der Waals surface area contributed by atoms with Crippen LogP contribution in [0.25, 0.3) is 0 Å². The highest BCUT2D eigenvalue weighted by Crippen LogP contribution is 2.23. The van der Waals surface area contributed by atoms with E-state index in [0.29, 0.717) is 0 Å². The molecule has 0 saturated carbocycles. The maximum absolute atomic E-state index is 11.9. The van der Waals surface area contributed by atoms with Gasteiger partial charge in [-0.15, -0.1) is 11.6 Å². The molecule has 2 heterocycles. The van der Waals surface area contributed by atoms with E-state index in [9.17, 15) is 4.79 Å². The predicted molar refractivity (Wildman–Crippen MR) is 73.8 cm³/mol. The van der Waals surface area contributed by atoms with E-state index >= 15 is 0 Å². The molecule has 0 aromatic rings. The Bertz CT molecular complexity index is 263. The number of thioether (sulfide) groups is 1. The van der Waals surface area contributed by atoms with Gasteiger partial charge in [-0.3, -0.25) is 9.69 Å². The second-order valence-corrected chi connectivity index (χ2v) is 6.43. The van der Waals surface area contributed by atoms with Gasteiger partial charge in [-0.2, -0.15) is 11.8 Å². The van der Waals surface area contributed by atoms with Gasteiger partial charge in [0.2, 0.25) is 5.91 Å². The molecule has 0 aromatic carbocycles. The predicted octanol–water partition coefficient (Wildman–Crippen LogP) is 1.65. The zero-order valence-electron chi connectivity index (χ0n) is 10.4. The minimum absolute atomic E-state index is 0.120. The Morgan fingerprint density at radius 3 is 2.65 bits per heavy atom. The highest BCUT2D eigenvalue weighted by Gasteiger charge is 2.29. The summed E-state index contributed by atoms with van der Waals surface area (Å²) in [5.74, 6) is 2.68. The van der Waals surface area contributed by atoms with Crippen molar-refractivity contribution in [3.63, 3.8) is 0 Å². The van der Waals surface area contributed by atoms with Gasteiger partial charge in [0.05, 0.1) is 0 Å². The number of carbonyl (C=O) groups excluding carboxylic acids is 1. The van der Waals surface area contributed by atoms with Crippen LogP contribution in [0, 0.1) is 0 Å². The maximum atomic E-state index is 11.9. The lowest BCUT2D eigenvalue weighted by Crippen LogP contribution is -2.53. The molecule has 3 nitrogen and oxygen atoms in total. The first-order chi connectivity index (χ1) is 8.22. The molecule has 0 spiro atoms. The van der Waals surface area contributed by atoms with Crippen LogP contribution in [0.2, 0.25) is 0 Å². The van der Waals surface area contributed by atoms with Crippen LogP contribution < -0.4 is 0 Å². The van der Waals surface area contributed by atoms with Crippen LogP contribution in [0.15, 0.2) is 0 Å². The molecule has 2 rings (SSSR count). The van der Waals surface area contributed by atoms with Crippen LogP contribution in [0.1, 0.15) is 19.8 Å². The second kappa shape index (κ2) is 6.30.